The van der Waals surface area contributed by atoms with E-state index in [4.69, 9.17) is 11.6 Å². The van der Waals surface area contributed by atoms with E-state index >= 15 is 0 Å². The highest BCUT2D eigenvalue weighted by Crippen LogP contribution is 2.23. The van der Waals surface area contributed by atoms with E-state index in [2.05, 4.69) is 15.9 Å². The predicted octanol–water partition coefficient (Wildman–Crippen LogP) is 3.80. The van der Waals surface area contributed by atoms with Crippen molar-refractivity contribution < 1.29 is 0 Å². The first-order valence-electron chi connectivity index (χ1n) is 6.16. The second-order valence-electron chi connectivity index (χ2n) is 4.65. The molecule has 0 unspecified atom stereocenters. The maximum Gasteiger partial charge on any atom is 0.329 e. The van der Waals surface area contributed by atoms with Crippen LogP contribution in [0.25, 0.3) is 11.0 Å². The van der Waals surface area contributed by atoms with Crippen molar-refractivity contribution in [1.82, 2.24) is 9.13 Å². The first-order chi connectivity index (χ1) is 9.58. The predicted molar refractivity (Wildman–Crippen MR) is 85.4 cm³/mol. The van der Waals surface area contributed by atoms with E-state index in [1.807, 2.05) is 42.5 Å². The molecule has 0 atom stereocenters. The van der Waals surface area contributed by atoms with Gasteiger partial charge in [0.15, 0.2) is 0 Å². The van der Waals surface area contributed by atoms with Crippen molar-refractivity contribution in [3.8, 4) is 0 Å². The molecule has 0 aliphatic heterocycles. The third kappa shape index (κ3) is 2.19. The van der Waals surface area contributed by atoms with E-state index < -0.39 is 0 Å². The molecule has 0 N–H and O–H groups in total. The quantitative estimate of drug-likeness (QED) is 0.690. The van der Waals surface area contributed by atoms with Crippen LogP contribution in [0.3, 0.4) is 0 Å². The monoisotopic (exact) mass is 350 g/mol. The van der Waals surface area contributed by atoms with Crippen molar-refractivity contribution >= 4 is 38.6 Å². The highest BCUT2D eigenvalue weighted by atomic mass is 79.9. The van der Waals surface area contributed by atoms with Crippen molar-refractivity contribution in [3.63, 3.8) is 0 Å². The van der Waals surface area contributed by atoms with Gasteiger partial charge in [0.25, 0.3) is 0 Å². The number of imidazole rings is 1. The Labute approximate surface area is 129 Å². The molecule has 0 fully saturated rings. The summed E-state index contributed by atoms with van der Waals surface area (Å²) in [6, 6.07) is 13.4. The Hall–Kier alpha value is -1.52. The number of benzene rings is 2. The molecule has 0 aliphatic carbocycles. The van der Waals surface area contributed by atoms with Crippen LogP contribution < -0.4 is 5.69 Å². The summed E-state index contributed by atoms with van der Waals surface area (Å²) in [4.78, 5) is 12.3. The molecule has 3 aromatic rings. The maximum atomic E-state index is 12.3. The highest BCUT2D eigenvalue weighted by molar-refractivity contribution is 9.10. The van der Waals surface area contributed by atoms with E-state index in [0.717, 1.165) is 21.1 Å². The number of fused-ring (bicyclic) bond motifs is 1. The van der Waals surface area contributed by atoms with E-state index in [0.29, 0.717) is 11.6 Å². The van der Waals surface area contributed by atoms with Gasteiger partial charge in [-0.2, -0.15) is 0 Å². The SMILES string of the molecule is Cn1c(=O)n(Cc2ccc(Br)cc2Cl)c2ccccc21. The molecule has 0 saturated carbocycles. The van der Waals surface area contributed by atoms with Gasteiger partial charge in [0.1, 0.15) is 0 Å². The number of hydrogen-bond donors (Lipinski definition) is 0. The fourth-order valence-electron chi connectivity index (χ4n) is 2.34. The Bertz CT molecular complexity index is 851. The van der Waals surface area contributed by atoms with Gasteiger partial charge in [0.2, 0.25) is 0 Å². The van der Waals surface area contributed by atoms with Gasteiger partial charge >= 0.3 is 5.69 Å². The van der Waals surface area contributed by atoms with Gasteiger partial charge in [-0.25, -0.2) is 4.79 Å². The molecule has 3 rings (SSSR count). The first-order valence-corrected chi connectivity index (χ1v) is 7.33. The minimum atomic E-state index is -0.0369. The standard InChI is InChI=1S/C15H12BrClN2O/c1-18-13-4-2-3-5-14(13)19(15(18)20)9-10-6-7-11(16)8-12(10)17/h2-8H,9H2,1H3. The molecule has 0 amide bonds. The van der Waals surface area contributed by atoms with Gasteiger partial charge < -0.3 is 0 Å². The number of nitrogens with zero attached hydrogens (tertiary/aromatic N) is 2. The Balaban J connectivity index is 2.16. The molecule has 102 valence electrons. The summed E-state index contributed by atoms with van der Waals surface area (Å²) < 4.78 is 4.32. The van der Waals surface area contributed by atoms with E-state index in [-0.39, 0.29) is 5.69 Å². The number of halogens is 2. The lowest BCUT2D eigenvalue weighted by atomic mass is 10.2. The van der Waals surface area contributed by atoms with Crippen LogP contribution in [0.5, 0.6) is 0 Å². The zero-order valence-electron chi connectivity index (χ0n) is 10.8. The lowest BCUT2D eigenvalue weighted by Gasteiger charge is -2.06. The molecule has 1 heterocycles. The minimum absolute atomic E-state index is 0.0369. The second kappa shape index (κ2) is 5.11. The zero-order chi connectivity index (χ0) is 14.3. The average molecular weight is 352 g/mol. The summed E-state index contributed by atoms with van der Waals surface area (Å²) in [6.45, 7) is 0.465. The summed E-state index contributed by atoms with van der Waals surface area (Å²) in [5, 5.41) is 0.652. The number of para-hydroxylation sites is 2. The summed E-state index contributed by atoms with van der Waals surface area (Å²) in [5.74, 6) is 0. The van der Waals surface area contributed by atoms with Crippen molar-refractivity contribution in [3.05, 3.63) is 68.0 Å². The summed E-state index contributed by atoms with van der Waals surface area (Å²) in [6.07, 6.45) is 0. The van der Waals surface area contributed by atoms with Crippen LogP contribution in [0.15, 0.2) is 51.7 Å². The van der Waals surface area contributed by atoms with Crippen LogP contribution in [-0.4, -0.2) is 9.13 Å². The fourth-order valence-corrected chi connectivity index (χ4v) is 3.07. The number of aromatic nitrogens is 2. The smallest absolute Gasteiger partial charge is 0.295 e. The summed E-state index contributed by atoms with van der Waals surface area (Å²) >= 11 is 9.62. The minimum Gasteiger partial charge on any atom is -0.295 e. The zero-order valence-corrected chi connectivity index (χ0v) is 13.1. The Morgan fingerprint density at radius 1 is 1.15 bits per heavy atom. The van der Waals surface area contributed by atoms with E-state index in [1.165, 1.54) is 0 Å². The molecule has 0 spiro atoms. The average Bonchev–Trinajstić information content (AvgIpc) is 2.67. The van der Waals surface area contributed by atoms with Crippen LogP contribution in [0, 0.1) is 0 Å². The molecular weight excluding hydrogens is 340 g/mol. The summed E-state index contributed by atoms with van der Waals surface area (Å²) in [7, 11) is 1.78. The Kier molecular flexibility index (Phi) is 3.44. The van der Waals surface area contributed by atoms with E-state index in [1.54, 1.807) is 16.2 Å². The summed E-state index contributed by atoms with van der Waals surface area (Å²) in [5.41, 5.74) is 2.73. The van der Waals surface area contributed by atoms with Crippen molar-refractivity contribution in [2.45, 2.75) is 6.54 Å². The highest BCUT2D eigenvalue weighted by Gasteiger charge is 2.11. The van der Waals surface area contributed by atoms with Crippen molar-refractivity contribution in [2.24, 2.45) is 7.05 Å². The van der Waals surface area contributed by atoms with Crippen LogP contribution >= 0.6 is 27.5 Å². The van der Waals surface area contributed by atoms with Gasteiger partial charge in [-0.15, -0.1) is 0 Å². The van der Waals surface area contributed by atoms with Gasteiger partial charge in [0.05, 0.1) is 17.6 Å². The van der Waals surface area contributed by atoms with Gasteiger partial charge in [-0.05, 0) is 29.8 Å². The van der Waals surface area contributed by atoms with Crippen molar-refractivity contribution in [1.29, 1.82) is 0 Å². The lowest BCUT2D eigenvalue weighted by Crippen LogP contribution is -2.22. The Morgan fingerprint density at radius 2 is 1.85 bits per heavy atom. The molecule has 1 aromatic heterocycles. The number of hydrogen-bond acceptors (Lipinski definition) is 1. The first kappa shape index (κ1) is 13.5. The second-order valence-corrected chi connectivity index (χ2v) is 5.98. The third-order valence-electron chi connectivity index (χ3n) is 3.40. The third-order valence-corrected chi connectivity index (χ3v) is 4.24. The molecule has 0 radical (unpaired) electrons. The topological polar surface area (TPSA) is 26.9 Å². The normalized spacial score (nSPS) is 11.2. The largest absolute Gasteiger partial charge is 0.329 e. The lowest BCUT2D eigenvalue weighted by molar-refractivity contribution is 0.736. The van der Waals surface area contributed by atoms with E-state index in [9.17, 15) is 4.79 Å². The van der Waals surface area contributed by atoms with Crippen LogP contribution in [0.2, 0.25) is 5.02 Å². The molecule has 3 nitrogen and oxygen atoms in total. The van der Waals surface area contributed by atoms with Gasteiger partial charge in [-0.3, -0.25) is 9.13 Å². The Morgan fingerprint density at radius 3 is 2.55 bits per heavy atom. The number of rotatable bonds is 2. The van der Waals surface area contributed by atoms with Crippen molar-refractivity contribution in [2.75, 3.05) is 0 Å². The fraction of sp³-hybridized carbons (Fsp3) is 0.133. The van der Waals surface area contributed by atoms with Gasteiger partial charge in [0, 0.05) is 16.5 Å². The molecule has 0 bridgehead atoms. The van der Waals surface area contributed by atoms with Crippen LogP contribution in [0.1, 0.15) is 5.56 Å². The van der Waals surface area contributed by atoms with Gasteiger partial charge in [-0.1, -0.05) is 45.7 Å². The molecular formula is C15H12BrClN2O. The molecule has 2 aromatic carbocycles. The molecule has 0 saturated heterocycles. The maximum absolute atomic E-state index is 12.3. The molecule has 0 aliphatic rings. The molecule has 20 heavy (non-hydrogen) atoms. The number of aryl methyl sites for hydroxylation is 1. The van der Waals surface area contributed by atoms with Crippen LogP contribution in [0.4, 0.5) is 0 Å². The molecule has 5 heteroatoms. The van der Waals surface area contributed by atoms with Crippen LogP contribution in [-0.2, 0) is 13.6 Å².